The highest BCUT2D eigenvalue weighted by atomic mass is 79.9. The number of ether oxygens (including phenoxy) is 3. The number of benzene rings is 1. The highest BCUT2D eigenvalue weighted by Crippen LogP contribution is 2.29. The second kappa shape index (κ2) is 8.54. The summed E-state index contributed by atoms with van der Waals surface area (Å²) in [5.74, 6) is 1.64. The Bertz CT molecular complexity index is 709. The molecule has 0 fully saturated rings. The summed E-state index contributed by atoms with van der Waals surface area (Å²) in [7, 11) is 3.18. The van der Waals surface area contributed by atoms with E-state index in [-0.39, 0.29) is 18.6 Å². The molecule has 0 aliphatic heterocycles. The first-order chi connectivity index (χ1) is 11.5. The number of carbonyl (C=O) groups is 1. The maximum Gasteiger partial charge on any atom is 0.258 e. The first-order valence-electron chi connectivity index (χ1n) is 7.29. The molecule has 0 bridgehead atoms. The van der Waals surface area contributed by atoms with Crippen LogP contribution in [0.1, 0.15) is 18.5 Å². The fourth-order valence-corrected chi connectivity index (χ4v) is 2.53. The maximum atomic E-state index is 12.1. The number of amides is 1. The molecule has 2 rings (SSSR count). The molecule has 0 unspecified atom stereocenters. The molecule has 1 amide bonds. The van der Waals surface area contributed by atoms with E-state index in [1.807, 2.05) is 13.0 Å². The lowest BCUT2D eigenvalue weighted by Crippen LogP contribution is -2.31. The molecular formula is C17H19BrN2O4. The number of pyridine rings is 1. The highest BCUT2D eigenvalue weighted by Gasteiger charge is 2.16. The Kier molecular flexibility index (Phi) is 6.43. The molecule has 0 saturated carbocycles. The van der Waals surface area contributed by atoms with Crippen LogP contribution in [0, 0.1) is 0 Å². The van der Waals surface area contributed by atoms with Crippen LogP contribution in [0.15, 0.2) is 41.1 Å². The third-order valence-electron chi connectivity index (χ3n) is 3.36. The molecule has 1 heterocycles. The zero-order valence-corrected chi connectivity index (χ0v) is 15.3. The van der Waals surface area contributed by atoms with Crippen LogP contribution >= 0.6 is 15.9 Å². The number of hydrogen-bond acceptors (Lipinski definition) is 5. The largest absolute Gasteiger partial charge is 0.497 e. The predicted octanol–water partition coefficient (Wildman–Crippen LogP) is 3.12. The van der Waals surface area contributed by atoms with Crippen LogP contribution in [0.3, 0.4) is 0 Å². The minimum atomic E-state index is -0.261. The molecule has 1 atom stereocenters. The SMILES string of the molecule is COc1ccc(OC)c([C@H](C)NC(=O)COc2cccnc2Br)c1. The molecule has 0 aliphatic carbocycles. The van der Waals surface area contributed by atoms with Crippen molar-refractivity contribution in [3.8, 4) is 17.2 Å². The number of carbonyl (C=O) groups excluding carboxylic acids is 1. The molecule has 1 N–H and O–H groups in total. The summed E-state index contributed by atoms with van der Waals surface area (Å²) in [6.07, 6.45) is 1.63. The van der Waals surface area contributed by atoms with Gasteiger partial charge in [-0.05, 0) is 53.2 Å². The van der Waals surface area contributed by atoms with Crippen molar-refractivity contribution in [1.82, 2.24) is 10.3 Å². The topological polar surface area (TPSA) is 69.7 Å². The van der Waals surface area contributed by atoms with Gasteiger partial charge in [0.05, 0.1) is 20.3 Å². The van der Waals surface area contributed by atoms with E-state index in [1.54, 1.807) is 44.7 Å². The van der Waals surface area contributed by atoms with Crippen molar-refractivity contribution < 1.29 is 19.0 Å². The molecule has 0 aliphatic rings. The van der Waals surface area contributed by atoms with Crippen LogP contribution in [0.25, 0.3) is 0 Å². The van der Waals surface area contributed by atoms with Crippen LogP contribution in [0.5, 0.6) is 17.2 Å². The van der Waals surface area contributed by atoms with E-state index in [0.29, 0.717) is 21.9 Å². The van der Waals surface area contributed by atoms with Gasteiger partial charge in [-0.3, -0.25) is 4.79 Å². The highest BCUT2D eigenvalue weighted by molar-refractivity contribution is 9.10. The van der Waals surface area contributed by atoms with Gasteiger partial charge in [0.2, 0.25) is 0 Å². The monoisotopic (exact) mass is 394 g/mol. The number of nitrogens with zero attached hydrogens (tertiary/aromatic N) is 1. The van der Waals surface area contributed by atoms with Gasteiger partial charge in [0, 0.05) is 11.8 Å². The summed E-state index contributed by atoms with van der Waals surface area (Å²) in [6, 6.07) is 8.66. The third-order valence-corrected chi connectivity index (χ3v) is 3.96. The third kappa shape index (κ3) is 4.61. The quantitative estimate of drug-likeness (QED) is 0.730. The average Bonchev–Trinajstić information content (AvgIpc) is 2.60. The van der Waals surface area contributed by atoms with Gasteiger partial charge < -0.3 is 19.5 Å². The normalized spacial score (nSPS) is 11.5. The van der Waals surface area contributed by atoms with Gasteiger partial charge in [-0.25, -0.2) is 4.98 Å². The number of nitrogens with one attached hydrogen (secondary N) is 1. The zero-order chi connectivity index (χ0) is 17.5. The molecule has 1 aromatic heterocycles. The number of hydrogen-bond donors (Lipinski definition) is 1. The van der Waals surface area contributed by atoms with Gasteiger partial charge in [-0.2, -0.15) is 0 Å². The zero-order valence-electron chi connectivity index (χ0n) is 13.7. The van der Waals surface area contributed by atoms with E-state index in [2.05, 4.69) is 26.2 Å². The maximum absolute atomic E-state index is 12.1. The molecule has 0 spiro atoms. The fraction of sp³-hybridized carbons (Fsp3) is 0.294. The lowest BCUT2D eigenvalue weighted by Gasteiger charge is -2.18. The number of halogens is 1. The Morgan fingerprint density at radius 1 is 1.25 bits per heavy atom. The Labute approximate surface area is 149 Å². The number of rotatable bonds is 7. The molecule has 128 valence electrons. The van der Waals surface area contributed by atoms with Crippen molar-refractivity contribution in [3.05, 3.63) is 46.7 Å². The first-order valence-corrected chi connectivity index (χ1v) is 8.09. The van der Waals surface area contributed by atoms with Gasteiger partial charge in [-0.1, -0.05) is 0 Å². The fourth-order valence-electron chi connectivity index (χ4n) is 2.16. The number of aromatic nitrogens is 1. The van der Waals surface area contributed by atoms with Gasteiger partial charge in [-0.15, -0.1) is 0 Å². The Balaban J connectivity index is 2.00. The van der Waals surface area contributed by atoms with E-state index in [9.17, 15) is 4.79 Å². The van der Waals surface area contributed by atoms with E-state index >= 15 is 0 Å². The van der Waals surface area contributed by atoms with Crippen LogP contribution in [-0.4, -0.2) is 31.7 Å². The molecule has 2 aromatic rings. The summed E-state index contributed by atoms with van der Waals surface area (Å²) in [4.78, 5) is 16.2. The van der Waals surface area contributed by atoms with E-state index in [0.717, 1.165) is 5.56 Å². The Hall–Kier alpha value is -2.28. The van der Waals surface area contributed by atoms with Crippen LogP contribution in [0.2, 0.25) is 0 Å². The molecule has 0 radical (unpaired) electrons. The van der Waals surface area contributed by atoms with Gasteiger partial charge in [0.1, 0.15) is 16.1 Å². The Morgan fingerprint density at radius 3 is 2.71 bits per heavy atom. The standard InChI is InChI=1S/C17H19BrN2O4/c1-11(13-9-12(22-2)6-7-14(13)23-3)20-16(21)10-24-15-5-4-8-19-17(15)18/h4-9,11H,10H2,1-3H3,(H,20,21)/t11-/m0/s1. The van der Waals surface area contributed by atoms with Crippen molar-refractivity contribution in [2.45, 2.75) is 13.0 Å². The molecular weight excluding hydrogens is 376 g/mol. The molecule has 0 saturated heterocycles. The Morgan fingerprint density at radius 2 is 2.04 bits per heavy atom. The average molecular weight is 395 g/mol. The van der Waals surface area contributed by atoms with Crippen molar-refractivity contribution in [3.63, 3.8) is 0 Å². The van der Waals surface area contributed by atoms with Crippen LogP contribution < -0.4 is 19.5 Å². The molecule has 24 heavy (non-hydrogen) atoms. The lowest BCUT2D eigenvalue weighted by atomic mass is 10.1. The van der Waals surface area contributed by atoms with E-state index in [4.69, 9.17) is 14.2 Å². The molecule has 1 aromatic carbocycles. The minimum Gasteiger partial charge on any atom is -0.497 e. The first kappa shape index (κ1) is 18.1. The summed E-state index contributed by atoms with van der Waals surface area (Å²) >= 11 is 3.27. The van der Waals surface area contributed by atoms with Gasteiger partial charge in [0.25, 0.3) is 5.91 Å². The number of methoxy groups -OCH3 is 2. The summed E-state index contributed by atoms with van der Waals surface area (Å²) in [5, 5.41) is 2.88. The minimum absolute atomic E-state index is 0.110. The van der Waals surface area contributed by atoms with Gasteiger partial charge >= 0.3 is 0 Å². The van der Waals surface area contributed by atoms with Crippen molar-refractivity contribution in [2.75, 3.05) is 20.8 Å². The predicted molar refractivity (Wildman–Crippen MR) is 93.5 cm³/mol. The van der Waals surface area contributed by atoms with Crippen molar-refractivity contribution >= 4 is 21.8 Å². The summed E-state index contributed by atoms with van der Waals surface area (Å²) < 4.78 is 16.6. The smallest absolute Gasteiger partial charge is 0.258 e. The van der Waals surface area contributed by atoms with E-state index < -0.39 is 0 Å². The van der Waals surface area contributed by atoms with Crippen molar-refractivity contribution in [2.24, 2.45) is 0 Å². The molecule has 6 nitrogen and oxygen atoms in total. The van der Waals surface area contributed by atoms with Crippen LogP contribution in [0.4, 0.5) is 0 Å². The second-order valence-electron chi connectivity index (χ2n) is 4.98. The molecule has 7 heteroatoms. The second-order valence-corrected chi connectivity index (χ2v) is 5.73. The van der Waals surface area contributed by atoms with Crippen molar-refractivity contribution in [1.29, 1.82) is 0 Å². The summed E-state index contributed by atoms with van der Waals surface area (Å²) in [5.41, 5.74) is 0.827. The van der Waals surface area contributed by atoms with Gasteiger partial charge in [0.15, 0.2) is 12.4 Å². The lowest BCUT2D eigenvalue weighted by molar-refractivity contribution is -0.123. The summed E-state index contributed by atoms with van der Waals surface area (Å²) in [6.45, 7) is 1.76. The van der Waals surface area contributed by atoms with E-state index in [1.165, 1.54) is 0 Å². The van der Waals surface area contributed by atoms with Crippen LogP contribution in [-0.2, 0) is 4.79 Å².